The van der Waals surface area contributed by atoms with Crippen molar-refractivity contribution in [2.45, 2.75) is 45.4 Å². The van der Waals surface area contributed by atoms with Gasteiger partial charge in [0.1, 0.15) is 10.8 Å². The lowest BCUT2D eigenvalue weighted by Gasteiger charge is -2.07. The van der Waals surface area contributed by atoms with Gasteiger partial charge in [0, 0.05) is 27.4 Å². The Kier molecular flexibility index (Phi) is 9.04. The molecule has 0 saturated carbocycles. The van der Waals surface area contributed by atoms with Crippen LogP contribution < -0.4 is 4.74 Å². The number of aromatic nitrogens is 1. The van der Waals surface area contributed by atoms with Crippen molar-refractivity contribution in [3.63, 3.8) is 0 Å². The molecular formula is C29H29Cl2NOS. The van der Waals surface area contributed by atoms with E-state index >= 15 is 0 Å². The van der Waals surface area contributed by atoms with E-state index in [1.54, 1.807) is 17.4 Å². The van der Waals surface area contributed by atoms with Crippen molar-refractivity contribution in [2.75, 3.05) is 6.61 Å². The molecule has 1 aromatic heterocycles. The molecule has 0 aliphatic heterocycles. The Morgan fingerprint density at radius 1 is 0.765 bits per heavy atom. The van der Waals surface area contributed by atoms with Gasteiger partial charge < -0.3 is 4.74 Å². The van der Waals surface area contributed by atoms with E-state index in [4.69, 9.17) is 27.9 Å². The van der Waals surface area contributed by atoms with E-state index in [1.165, 1.54) is 32.1 Å². The number of rotatable bonds is 11. The molecule has 0 atom stereocenters. The molecule has 2 nitrogen and oxygen atoms in total. The number of hydrogen-bond acceptors (Lipinski definition) is 3. The number of benzene rings is 3. The zero-order valence-electron chi connectivity index (χ0n) is 19.4. The van der Waals surface area contributed by atoms with Crippen molar-refractivity contribution in [2.24, 2.45) is 0 Å². The number of thiazole rings is 1. The molecule has 1 heterocycles. The fourth-order valence-corrected chi connectivity index (χ4v) is 5.17. The van der Waals surface area contributed by atoms with Gasteiger partial charge >= 0.3 is 0 Å². The fraction of sp³-hybridized carbons (Fsp3) is 0.276. The lowest BCUT2D eigenvalue weighted by Crippen LogP contribution is -1.97. The maximum absolute atomic E-state index is 6.35. The smallest absolute Gasteiger partial charge is 0.123 e. The third kappa shape index (κ3) is 6.63. The van der Waals surface area contributed by atoms with Gasteiger partial charge in [-0.2, -0.15) is 0 Å². The summed E-state index contributed by atoms with van der Waals surface area (Å²) in [7, 11) is 0. The number of unbranched alkanes of at least 4 members (excludes halogenated alkanes) is 5. The lowest BCUT2D eigenvalue weighted by molar-refractivity contribution is 0.304. The van der Waals surface area contributed by atoms with Gasteiger partial charge in [0.15, 0.2) is 0 Å². The van der Waals surface area contributed by atoms with Crippen molar-refractivity contribution in [1.29, 1.82) is 0 Å². The average molecular weight is 511 g/mol. The summed E-state index contributed by atoms with van der Waals surface area (Å²) in [4.78, 5) is 5.79. The van der Waals surface area contributed by atoms with Crippen LogP contribution >= 0.6 is 34.5 Å². The van der Waals surface area contributed by atoms with E-state index in [2.05, 4.69) is 60.4 Å². The van der Waals surface area contributed by atoms with E-state index in [0.717, 1.165) is 50.9 Å². The second-order valence-electron chi connectivity index (χ2n) is 8.37. The maximum atomic E-state index is 6.35. The van der Waals surface area contributed by atoms with E-state index in [1.807, 2.05) is 18.3 Å². The fourth-order valence-electron chi connectivity index (χ4n) is 3.84. The van der Waals surface area contributed by atoms with Crippen LogP contribution in [0.25, 0.3) is 32.1 Å². The van der Waals surface area contributed by atoms with Crippen LogP contribution in [0.4, 0.5) is 0 Å². The molecule has 0 unspecified atom stereocenters. The Bertz CT molecular complexity index is 1190. The molecule has 0 bridgehead atoms. The molecule has 3 aromatic carbocycles. The molecule has 0 saturated heterocycles. The first-order valence-electron chi connectivity index (χ1n) is 11.9. The minimum Gasteiger partial charge on any atom is -0.494 e. The lowest BCUT2D eigenvalue weighted by atomic mass is 10.0. The topological polar surface area (TPSA) is 22.1 Å². The maximum Gasteiger partial charge on any atom is 0.123 e. The largest absolute Gasteiger partial charge is 0.494 e. The zero-order chi connectivity index (χ0) is 23.8. The van der Waals surface area contributed by atoms with Crippen LogP contribution in [0.3, 0.4) is 0 Å². The number of nitrogens with zero attached hydrogens (tertiary/aromatic N) is 1. The predicted octanol–water partition coefficient (Wildman–Crippen LogP) is 10.2. The molecular weight excluding hydrogens is 481 g/mol. The summed E-state index contributed by atoms with van der Waals surface area (Å²) in [6.07, 6.45) is 9.57. The highest BCUT2D eigenvalue weighted by Crippen LogP contribution is 2.35. The van der Waals surface area contributed by atoms with Crippen molar-refractivity contribution in [3.8, 4) is 37.9 Å². The quantitative estimate of drug-likeness (QED) is 0.187. The summed E-state index contributed by atoms with van der Waals surface area (Å²) in [5.41, 5.74) is 4.19. The summed E-state index contributed by atoms with van der Waals surface area (Å²) in [5, 5.41) is 2.35. The van der Waals surface area contributed by atoms with Gasteiger partial charge in [0.05, 0.1) is 11.5 Å². The van der Waals surface area contributed by atoms with Crippen LogP contribution in [0, 0.1) is 0 Å². The predicted molar refractivity (Wildman–Crippen MR) is 147 cm³/mol. The van der Waals surface area contributed by atoms with Gasteiger partial charge in [0.25, 0.3) is 0 Å². The molecule has 5 heteroatoms. The molecule has 34 heavy (non-hydrogen) atoms. The molecule has 0 fully saturated rings. The molecule has 0 aliphatic rings. The normalized spacial score (nSPS) is 11.0. The van der Waals surface area contributed by atoms with Gasteiger partial charge in [-0.3, -0.25) is 0 Å². The zero-order valence-corrected chi connectivity index (χ0v) is 21.7. The molecule has 4 rings (SSSR count). The number of hydrogen-bond donors (Lipinski definition) is 0. The van der Waals surface area contributed by atoms with Gasteiger partial charge in [0.2, 0.25) is 0 Å². The highest BCUT2D eigenvalue weighted by atomic mass is 35.5. The van der Waals surface area contributed by atoms with Crippen LogP contribution in [0.5, 0.6) is 5.75 Å². The Morgan fingerprint density at radius 3 is 2.21 bits per heavy atom. The Hall–Kier alpha value is -2.33. The third-order valence-electron chi connectivity index (χ3n) is 5.78. The summed E-state index contributed by atoms with van der Waals surface area (Å²) in [6.45, 7) is 3.03. The summed E-state index contributed by atoms with van der Waals surface area (Å²) < 4.78 is 5.91. The molecule has 176 valence electrons. The summed E-state index contributed by atoms with van der Waals surface area (Å²) >= 11 is 14.2. The van der Waals surface area contributed by atoms with Crippen LogP contribution in [-0.4, -0.2) is 11.6 Å². The minimum absolute atomic E-state index is 0.673. The standard InChI is InChI=1S/C29H29Cl2NOS/c1-2-3-4-5-6-7-18-33-25-15-12-22(13-16-25)28-20-32-29(34-28)23-10-8-21(9-11-23)26-19-24(30)14-17-27(26)31/h8-17,19-20H,2-7,18H2,1H3. The first-order valence-corrected chi connectivity index (χ1v) is 13.5. The van der Waals surface area contributed by atoms with Crippen molar-refractivity contribution in [3.05, 3.63) is 83.0 Å². The molecule has 4 aromatic rings. The van der Waals surface area contributed by atoms with E-state index < -0.39 is 0 Å². The SMILES string of the molecule is CCCCCCCCOc1ccc(-c2cnc(-c3ccc(-c4cc(Cl)ccc4Cl)cc3)s2)cc1. The minimum atomic E-state index is 0.673. The van der Waals surface area contributed by atoms with Crippen LogP contribution in [0.2, 0.25) is 10.0 Å². The van der Waals surface area contributed by atoms with Crippen molar-refractivity contribution in [1.82, 2.24) is 4.98 Å². The van der Waals surface area contributed by atoms with E-state index in [0.29, 0.717) is 10.0 Å². The monoisotopic (exact) mass is 509 g/mol. The highest BCUT2D eigenvalue weighted by molar-refractivity contribution is 7.18. The van der Waals surface area contributed by atoms with Crippen molar-refractivity contribution < 1.29 is 4.74 Å². The first kappa shape index (κ1) is 24.8. The summed E-state index contributed by atoms with van der Waals surface area (Å²) in [5.74, 6) is 0.928. The third-order valence-corrected chi connectivity index (χ3v) is 7.44. The molecule has 0 aliphatic carbocycles. The molecule has 0 amide bonds. The second kappa shape index (κ2) is 12.4. The second-order valence-corrected chi connectivity index (χ2v) is 10.2. The number of halogens is 2. The Balaban J connectivity index is 1.35. The molecule has 0 N–H and O–H groups in total. The van der Waals surface area contributed by atoms with Gasteiger partial charge in [-0.05, 0) is 60.0 Å². The van der Waals surface area contributed by atoms with Gasteiger partial charge in [-0.25, -0.2) is 4.98 Å². The summed E-state index contributed by atoms with van der Waals surface area (Å²) in [6, 6.07) is 22.1. The Morgan fingerprint density at radius 2 is 1.44 bits per heavy atom. The average Bonchev–Trinajstić information content (AvgIpc) is 3.36. The Labute approximate surface area is 216 Å². The van der Waals surface area contributed by atoms with Gasteiger partial charge in [-0.1, -0.05) is 86.5 Å². The molecule has 0 spiro atoms. The first-order chi connectivity index (χ1) is 16.6. The number of ether oxygens (including phenoxy) is 1. The van der Waals surface area contributed by atoms with E-state index in [-0.39, 0.29) is 0 Å². The van der Waals surface area contributed by atoms with Crippen LogP contribution in [0.15, 0.2) is 72.9 Å². The van der Waals surface area contributed by atoms with E-state index in [9.17, 15) is 0 Å². The van der Waals surface area contributed by atoms with Crippen LogP contribution in [-0.2, 0) is 0 Å². The van der Waals surface area contributed by atoms with Crippen LogP contribution in [0.1, 0.15) is 45.4 Å². The van der Waals surface area contributed by atoms with Gasteiger partial charge in [-0.15, -0.1) is 11.3 Å². The van der Waals surface area contributed by atoms with Crippen molar-refractivity contribution >= 4 is 34.5 Å². The molecule has 0 radical (unpaired) electrons. The highest BCUT2D eigenvalue weighted by Gasteiger charge is 2.09.